The summed E-state index contributed by atoms with van der Waals surface area (Å²) in [6.07, 6.45) is 6.77. The summed E-state index contributed by atoms with van der Waals surface area (Å²) in [6, 6.07) is 8.01. The van der Waals surface area contributed by atoms with Crippen molar-refractivity contribution in [2.45, 2.75) is 58.6 Å². The van der Waals surface area contributed by atoms with Gasteiger partial charge in [-0.05, 0) is 44.2 Å². The van der Waals surface area contributed by atoms with Crippen molar-refractivity contribution in [3.05, 3.63) is 41.5 Å². The summed E-state index contributed by atoms with van der Waals surface area (Å²) >= 11 is 0. The van der Waals surface area contributed by atoms with Gasteiger partial charge in [0, 0.05) is 12.1 Å². The number of hydrogen-bond acceptors (Lipinski definition) is 3. The quantitative estimate of drug-likeness (QED) is 0.663. The second-order valence-electron chi connectivity index (χ2n) is 6.70. The minimum absolute atomic E-state index is 0.190. The van der Waals surface area contributed by atoms with E-state index in [0.717, 1.165) is 30.4 Å². The van der Waals surface area contributed by atoms with E-state index in [-0.39, 0.29) is 11.9 Å². The molecule has 3 unspecified atom stereocenters. The van der Waals surface area contributed by atoms with Crippen molar-refractivity contribution in [2.75, 3.05) is 0 Å². The van der Waals surface area contributed by atoms with Gasteiger partial charge >= 0.3 is 5.97 Å². The SMILES string of the molecule is Cc1ccc(/C=C/C(=O)OC(C)C(=O)NC2CCCCC2C)cc1. The van der Waals surface area contributed by atoms with Crippen molar-refractivity contribution >= 4 is 18.0 Å². The van der Waals surface area contributed by atoms with E-state index in [4.69, 9.17) is 4.74 Å². The predicted octanol–water partition coefficient (Wildman–Crippen LogP) is 3.63. The molecule has 1 N–H and O–H groups in total. The molecule has 0 bridgehead atoms. The number of aryl methyl sites for hydroxylation is 1. The monoisotopic (exact) mass is 329 g/mol. The average Bonchev–Trinajstić information content (AvgIpc) is 2.56. The molecule has 4 nitrogen and oxygen atoms in total. The van der Waals surface area contributed by atoms with E-state index in [1.807, 2.05) is 31.2 Å². The van der Waals surface area contributed by atoms with Crippen LogP contribution in [0.5, 0.6) is 0 Å². The Morgan fingerprint density at radius 3 is 2.54 bits per heavy atom. The first-order valence-corrected chi connectivity index (χ1v) is 8.71. The van der Waals surface area contributed by atoms with Crippen LogP contribution in [0.1, 0.15) is 50.7 Å². The van der Waals surface area contributed by atoms with Crippen LogP contribution in [0.25, 0.3) is 6.08 Å². The minimum Gasteiger partial charge on any atom is -0.449 e. The number of rotatable bonds is 5. The molecule has 130 valence electrons. The summed E-state index contributed by atoms with van der Waals surface area (Å²) in [6.45, 7) is 5.78. The Kier molecular flexibility index (Phi) is 6.59. The Morgan fingerprint density at radius 2 is 1.88 bits per heavy atom. The van der Waals surface area contributed by atoms with Gasteiger partial charge in [0.05, 0.1) is 0 Å². The molecule has 0 heterocycles. The number of carbonyl (C=O) groups excluding carboxylic acids is 2. The van der Waals surface area contributed by atoms with Crippen LogP contribution in [-0.4, -0.2) is 24.0 Å². The molecular weight excluding hydrogens is 302 g/mol. The van der Waals surface area contributed by atoms with Crippen molar-refractivity contribution in [1.82, 2.24) is 5.32 Å². The lowest BCUT2D eigenvalue weighted by Crippen LogP contribution is -2.45. The number of nitrogens with one attached hydrogen (secondary N) is 1. The molecule has 0 saturated heterocycles. The van der Waals surface area contributed by atoms with Gasteiger partial charge in [-0.1, -0.05) is 49.6 Å². The summed E-state index contributed by atoms with van der Waals surface area (Å²) < 4.78 is 5.20. The van der Waals surface area contributed by atoms with Crippen molar-refractivity contribution in [2.24, 2.45) is 5.92 Å². The van der Waals surface area contributed by atoms with Gasteiger partial charge in [-0.2, -0.15) is 0 Å². The third-order valence-electron chi connectivity index (χ3n) is 4.59. The zero-order valence-corrected chi connectivity index (χ0v) is 14.7. The summed E-state index contributed by atoms with van der Waals surface area (Å²) in [5.74, 6) is -0.243. The molecule has 1 saturated carbocycles. The molecule has 24 heavy (non-hydrogen) atoms. The molecule has 2 rings (SSSR count). The van der Waals surface area contributed by atoms with Gasteiger partial charge in [0.15, 0.2) is 6.10 Å². The molecule has 0 aliphatic heterocycles. The zero-order chi connectivity index (χ0) is 17.5. The van der Waals surface area contributed by atoms with Crippen LogP contribution in [0, 0.1) is 12.8 Å². The van der Waals surface area contributed by atoms with E-state index in [9.17, 15) is 9.59 Å². The Morgan fingerprint density at radius 1 is 1.21 bits per heavy atom. The normalized spacial score (nSPS) is 22.1. The lowest BCUT2D eigenvalue weighted by atomic mass is 9.86. The van der Waals surface area contributed by atoms with Gasteiger partial charge in [-0.25, -0.2) is 4.79 Å². The fourth-order valence-corrected chi connectivity index (χ4v) is 2.94. The summed E-state index contributed by atoms with van der Waals surface area (Å²) in [5, 5.41) is 3.01. The number of carbonyl (C=O) groups is 2. The van der Waals surface area contributed by atoms with Crippen molar-refractivity contribution in [3.8, 4) is 0 Å². The topological polar surface area (TPSA) is 55.4 Å². The molecular formula is C20H27NO3. The molecule has 1 fully saturated rings. The number of benzene rings is 1. The van der Waals surface area contributed by atoms with Crippen LogP contribution >= 0.6 is 0 Å². The number of ether oxygens (including phenoxy) is 1. The third kappa shape index (κ3) is 5.52. The average molecular weight is 329 g/mol. The van der Waals surface area contributed by atoms with Gasteiger partial charge in [0.25, 0.3) is 5.91 Å². The standard InChI is InChI=1S/C20H27NO3/c1-14-8-10-17(11-9-14)12-13-19(22)24-16(3)20(23)21-18-7-5-4-6-15(18)2/h8-13,15-16,18H,4-7H2,1-3H3,(H,21,23)/b13-12+. The maximum absolute atomic E-state index is 12.2. The molecule has 0 aromatic heterocycles. The molecule has 1 aliphatic rings. The van der Waals surface area contributed by atoms with E-state index < -0.39 is 12.1 Å². The Hall–Kier alpha value is -2.10. The number of esters is 1. The zero-order valence-electron chi connectivity index (χ0n) is 14.7. The molecule has 1 aromatic rings. The maximum atomic E-state index is 12.2. The first-order valence-electron chi connectivity index (χ1n) is 8.71. The molecule has 0 radical (unpaired) electrons. The highest BCUT2D eigenvalue weighted by molar-refractivity contribution is 5.90. The highest BCUT2D eigenvalue weighted by Crippen LogP contribution is 2.23. The van der Waals surface area contributed by atoms with E-state index in [2.05, 4.69) is 12.2 Å². The van der Waals surface area contributed by atoms with Crippen LogP contribution in [0.4, 0.5) is 0 Å². The van der Waals surface area contributed by atoms with Crippen LogP contribution in [0.3, 0.4) is 0 Å². The maximum Gasteiger partial charge on any atom is 0.331 e. The van der Waals surface area contributed by atoms with E-state index >= 15 is 0 Å². The van der Waals surface area contributed by atoms with Crippen LogP contribution < -0.4 is 5.32 Å². The first-order chi connectivity index (χ1) is 11.5. The predicted molar refractivity (Wildman–Crippen MR) is 95.3 cm³/mol. The van der Waals surface area contributed by atoms with Gasteiger partial charge in [-0.15, -0.1) is 0 Å². The summed E-state index contributed by atoms with van der Waals surface area (Å²) in [5.41, 5.74) is 2.09. The lowest BCUT2D eigenvalue weighted by molar-refractivity contribution is -0.150. The fraction of sp³-hybridized carbons (Fsp3) is 0.500. The van der Waals surface area contributed by atoms with Crippen LogP contribution in [-0.2, 0) is 14.3 Å². The van der Waals surface area contributed by atoms with Crippen molar-refractivity contribution in [1.29, 1.82) is 0 Å². The second-order valence-corrected chi connectivity index (χ2v) is 6.70. The largest absolute Gasteiger partial charge is 0.449 e. The van der Waals surface area contributed by atoms with Crippen molar-refractivity contribution in [3.63, 3.8) is 0 Å². The Balaban J connectivity index is 1.81. The smallest absolute Gasteiger partial charge is 0.331 e. The third-order valence-corrected chi connectivity index (χ3v) is 4.59. The minimum atomic E-state index is -0.783. The van der Waals surface area contributed by atoms with Gasteiger partial charge in [-0.3, -0.25) is 4.79 Å². The highest BCUT2D eigenvalue weighted by atomic mass is 16.5. The fourth-order valence-electron chi connectivity index (χ4n) is 2.94. The summed E-state index contributed by atoms with van der Waals surface area (Å²) in [7, 11) is 0. The molecule has 3 atom stereocenters. The Bertz CT molecular complexity index is 591. The van der Waals surface area contributed by atoms with Gasteiger partial charge < -0.3 is 10.1 Å². The van der Waals surface area contributed by atoms with E-state index in [0.29, 0.717) is 5.92 Å². The van der Waals surface area contributed by atoms with Gasteiger partial charge in [0.1, 0.15) is 0 Å². The summed E-state index contributed by atoms with van der Waals surface area (Å²) in [4.78, 5) is 24.1. The molecule has 0 spiro atoms. The van der Waals surface area contributed by atoms with Crippen LogP contribution in [0.15, 0.2) is 30.3 Å². The number of hydrogen-bond donors (Lipinski definition) is 1. The second kappa shape index (κ2) is 8.67. The Labute approximate surface area is 144 Å². The van der Waals surface area contributed by atoms with E-state index in [1.165, 1.54) is 12.5 Å². The first kappa shape index (κ1) is 18.2. The highest BCUT2D eigenvalue weighted by Gasteiger charge is 2.25. The molecule has 4 heteroatoms. The van der Waals surface area contributed by atoms with Crippen LogP contribution in [0.2, 0.25) is 0 Å². The lowest BCUT2D eigenvalue weighted by Gasteiger charge is -2.30. The van der Waals surface area contributed by atoms with Crippen molar-refractivity contribution < 1.29 is 14.3 Å². The molecule has 1 aliphatic carbocycles. The number of amides is 1. The molecule has 1 amide bonds. The van der Waals surface area contributed by atoms with E-state index in [1.54, 1.807) is 13.0 Å². The molecule has 1 aromatic carbocycles. The van der Waals surface area contributed by atoms with Gasteiger partial charge in [0.2, 0.25) is 0 Å².